The molecular weight excluding hydrogens is 373 g/mol. The number of hydrogen-bond donors (Lipinski definition) is 1. The highest BCUT2D eigenvalue weighted by molar-refractivity contribution is 6.32. The third-order valence-corrected chi connectivity index (χ3v) is 5.18. The van der Waals surface area contributed by atoms with Crippen molar-refractivity contribution < 1.29 is 14.3 Å². The molecule has 1 saturated heterocycles. The summed E-state index contributed by atoms with van der Waals surface area (Å²) in [6, 6.07) is 4.44. The summed E-state index contributed by atoms with van der Waals surface area (Å²) < 4.78 is 14.8. The lowest BCUT2D eigenvalue weighted by Crippen LogP contribution is -2.36. The summed E-state index contributed by atoms with van der Waals surface area (Å²) in [6.45, 7) is 2.53. The van der Waals surface area contributed by atoms with Gasteiger partial charge in [-0.1, -0.05) is 16.8 Å². The molecule has 0 spiro atoms. The molecule has 7 nitrogen and oxygen atoms in total. The zero-order valence-corrected chi connectivity index (χ0v) is 15.9. The van der Waals surface area contributed by atoms with Gasteiger partial charge in [-0.25, -0.2) is 9.07 Å². The van der Waals surface area contributed by atoms with E-state index in [1.165, 1.54) is 12.1 Å². The lowest BCUT2D eigenvalue weighted by atomic mass is 10.1. The molecule has 0 radical (unpaired) electrons. The van der Waals surface area contributed by atoms with Crippen molar-refractivity contribution in [2.45, 2.75) is 31.8 Å². The molecule has 1 fully saturated rings. The van der Waals surface area contributed by atoms with E-state index in [0.717, 1.165) is 38.0 Å². The monoisotopic (exact) mass is 395 g/mol. The molecule has 1 aliphatic heterocycles. The Morgan fingerprint density at radius 2 is 2.22 bits per heavy atom. The number of aliphatic carboxylic acids is 1. The molecule has 1 aromatic carbocycles. The van der Waals surface area contributed by atoms with Crippen molar-refractivity contribution in [2.24, 2.45) is 0 Å². The van der Waals surface area contributed by atoms with Gasteiger partial charge in [0.2, 0.25) is 0 Å². The minimum absolute atomic E-state index is 0.0669. The van der Waals surface area contributed by atoms with Gasteiger partial charge in [-0.15, -0.1) is 5.10 Å². The quantitative estimate of drug-likeness (QED) is 0.809. The van der Waals surface area contributed by atoms with Crippen LogP contribution in [-0.4, -0.2) is 68.6 Å². The summed E-state index contributed by atoms with van der Waals surface area (Å²) in [7, 11) is 1.87. The van der Waals surface area contributed by atoms with E-state index in [9.17, 15) is 9.18 Å². The number of hydrogen-bond acceptors (Lipinski definition) is 5. The lowest BCUT2D eigenvalue weighted by molar-refractivity contribution is -0.138. The number of likely N-dealkylation sites (tertiary alicyclic amines) is 1. The molecule has 1 N–H and O–H groups in total. The fourth-order valence-electron chi connectivity index (χ4n) is 3.46. The van der Waals surface area contributed by atoms with Crippen LogP contribution in [0.2, 0.25) is 5.02 Å². The molecule has 9 heteroatoms. The summed E-state index contributed by atoms with van der Waals surface area (Å²) >= 11 is 6.08. The molecule has 146 valence electrons. The van der Waals surface area contributed by atoms with Crippen LogP contribution in [-0.2, 0) is 11.3 Å². The van der Waals surface area contributed by atoms with Crippen molar-refractivity contribution in [3.63, 3.8) is 0 Å². The van der Waals surface area contributed by atoms with Crippen LogP contribution in [0.25, 0.3) is 5.69 Å². The van der Waals surface area contributed by atoms with Crippen molar-refractivity contribution >= 4 is 17.6 Å². The third kappa shape index (κ3) is 5.24. The number of carboxylic acids is 1. The molecule has 2 aromatic rings. The molecule has 3 rings (SSSR count). The van der Waals surface area contributed by atoms with Crippen LogP contribution < -0.4 is 0 Å². The number of aromatic nitrogens is 3. The highest BCUT2D eigenvalue weighted by Crippen LogP contribution is 2.21. The first kappa shape index (κ1) is 19.7. The topological polar surface area (TPSA) is 74.5 Å². The molecule has 0 saturated carbocycles. The normalized spacial score (nSPS) is 18.6. The number of carbonyl (C=O) groups is 1. The van der Waals surface area contributed by atoms with Crippen molar-refractivity contribution in [3.05, 3.63) is 40.9 Å². The van der Waals surface area contributed by atoms with Gasteiger partial charge in [0.15, 0.2) is 0 Å². The van der Waals surface area contributed by atoms with E-state index in [4.69, 9.17) is 16.7 Å². The van der Waals surface area contributed by atoms with E-state index in [1.807, 2.05) is 11.9 Å². The van der Waals surface area contributed by atoms with Crippen LogP contribution in [0, 0.1) is 5.82 Å². The van der Waals surface area contributed by atoms with Crippen LogP contribution in [0.4, 0.5) is 4.39 Å². The standard InChI is InChI=1S/C18H23ClFN5O2/c1-23(12-18(26)27)15-3-2-7-24(8-6-15)10-14-11-25(22-21-14)17-5-4-13(20)9-16(17)19/h4-5,9,11,15H,2-3,6-8,10,12H2,1H3,(H,26,27). The molecule has 2 heterocycles. The highest BCUT2D eigenvalue weighted by atomic mass is 35.5. The number of halogens is 2. The smallest absolute Gasteiger partial charge is 0.317 e. The number of carboxylic acid groups (broad SMARTS) is 1. The van der Waals surface area contributed by atoms with Crippen molar-refractivity contribution in [1.82, 2.24) is 24.8 Å². The third-order valence-electron chi connectivity index (χ3n) is 4.88. The molecule has 0 bridgehead atoms. The Morgan fingerprint density at radius 1 is 1.41 bits per heavy atom. The second-order valence-electron chi connectivity index (χ2n) is 6.92. The summed E-state index contributed by atoms with van der Waals surface area (Å²) in [5.74, 6) is -1.19. The van der Waals surface area contributed by atoms with Gasteiger partial charge < -0.3 is 5.11 Å². The molecule has 1 aliphatic rings. The molecule has 0 amide bonds. The molecule has 0 aliphatic carbocycles. The zero-order valence-electron chi connectivity index (χ0n) is 15.2. The fourth-order valence-corrected chi connectivity index (χ4v) is 3.72. The summed E-state index contributed by atoms with van der Waals surface area (Å²) in [6.07, 6.45) is 4.71. The number of nitrogens with zero attached hydrogens (tertiary/aromatic N) is 5. The number of benzene rings is 1. The SMILES string of the molecule is CN(CC(=O)O)C1CCCN(Cc2cn(-c3ccc(F)cc3Cl)nn2)CC1. The van der Waals surface area contributed by atoms with E-state index in [-0.39, 0.29) is 17.6 Å². The molecule has 27 heavy (non-hydrogen) atoms. The van der Waals surface area contributed by atoms with Crippen molar-refractivity contribution in [3.8, 4) is 5.69 Å². The maximum Gasteiger partial charge on any atom is 0.317 e. The predicted molar refractivity (Wildman–Crippen MR) is 99.5 cm³/mol. The lowest BCUT2D eigenvalue weighted by Gasteiger charge is -2.25. The van der Waals surface area contributed by atoms with Gasteiger partial charge in [0.05, 0.1) is 29.1 Å². The van der Waals surface area contributed by atoms with E-state index >= 15 is 0 Å². The average Bonchev–Trinajstić information content (AvgIpc) is 2.91. The van der Waals surface area contributed by atoms with Crippen molar-refractivity contribution in [2.75, 3.05) is 26.7 Å². The first-order valence-corrected chi connectivity index (χ1v) is 9.31. The number of rotatable bonds is 6. The molecule has 1 unspecified atom stereocenters. The summed E-state index contributed by atoms with van der Waals surface area (Å²) in [5, 5.41) is 17.6. The van der Waals surface area contributed by atoms with E-state index < -0.39 is 11.8 Å². The second kappa shape index (κ2) is 8.77. The Morgan fingerprint density at radius 3 is 2.96 bits per heavy atom. The van der Waals surface area contributed by atoms with Crippen LogP contribution >= 0.6 is 11.6 Å². The van der Waals surface area contributed by atoms with E-state index in [0.29, 0.717) is 12.2 Å². The molecular formula is C18H23ClFN5O2. The maximum absolute atomic E-state index is 13.2. The van der Waals surface area contributed by atoms with Crippen LogP contribution in [0.15, 0.2) is 24.4 Å². The van der Waals surface area contributed by atoms with Gasteiger partial charge in [-0.05, 0) is 51.1 Å². The Hall–Kier alpha value is -2.03. The Balaban J connectivity index is 1.60. The largest absolute Gasteiger partial charge is 0.480 e. The van der Waals surface area contributed by atoms with Gasteiger partial charge in [0.1, 0.15) is 5.82 Å². The molecule has 1 atom stereocenters. The Labute approximate surface area is 162 Å². The first-order chi connectivity index (χ1) is 12.9. The van der Waals surface area contributed by atoms with Gasteiger partial charge >= 0.3 is 5.97 Å². The minimum Gasteiger partial charge on any atom is -0.480 e. The first-order valence-electron chi connectivity index (χ1n) is 8.93. The Kier molecular flexibility index (Phi) is 6.41. The van der Waals surface area contributed by atoms with Crippen LogP contribution in [0.1, 0.15) is 25.0 Å². The second-order valence-corrected chi connectivity index (χ2v) is 7.33. The van der Waals surface area contributed by atoms with E-state index in [1.54, 1.807) is 16.9 Å². The van der Waals surface area contributed by atoms with Crippen LogP contribution in [0.3, 0.4) is 0 Å². The van der Waals surface area contributed by atoms with Gasteiger partial charge in [0.25, 0.3) is 0 Å². The average molecular weight is 396 g/mol. The summed E-state index contributed by atoms with van der Waals surface area (Å²) in [4.78, 5) is 15.1. The molecule has 1 aromatic heterocycles. The predicted octanol–water partition coefficient (Wildman–Crippen LogP) is 2.43. The summed E-state index contributed by atoms with van der Waals surface area (Å²) in [5.41, 5.74) is 1.40. The van der Waals surface area contributed by atoms with Gasteiger partial charge in [-0.3, -0.25) is 14.6 Å². The van der Waals surface area contributed by atoms with E-state index in [2.05, 4.69) is 15.2 Å². The highest BCUT2D eigenvalue weighted by Gasteiger charge is 2.22. The zero-order chi connectivity index (χ0) is 19.4. The van der Waals surface area contributed by atoms with Crippen LogP contribution in [0.5, 0.6) is 0 Å². The maximum atomic E-state index is 13.2. The van der Waals surface area contributed by atoms with Gasteiger partial charge in [-0.2, -0.15) is 0 Å². The van der Waals surface area contributed by atoms with Gasteiger partial charge in [0, 0.05) is 19.1 Å². The fraction of sp³-hybridized carbons (Fsp3) is 0.500. The number of likely N-dealkylation sites (N-methyl/N-ethyl adjacent to an activating group) is 1. The Bertz CT molecular complexity index is 800. The minimum atomic E-state index is -0.797. The van der Waals surface area contributed by atoms with Crippen molar-refractivity contribution in [1.29, 1.82) is 0 Å².